The SMILES string of the molecule is COC[C@@H]1CN(C)CC12CCN(Cc1cc(C)ccc1C)CC2. The smallest absolute Gasteiger partial charge is 0.0508 e. The van der Waals surface area contributed by atoms with Crippen LogP contribution in [0.4, 0.5) is 0 Å². The normalized spacial score (nSPS) is 25.3. The van der Waals surface area contributed by atoms with Crippen molar-refractivity contribution in [1.29, 1.82) is 0 Å². The summed E-state index contributed by atoms with van der Waals surface area (Å²) in [6.07, 6.45) is 2.63. The lowest BCUT2D eigenvalue weighted by Gasteiger charge is -2.42. The van der Waals surface area contributed by atoms with Crippen molar-refractivity contribution in [3.05, 3.63) is 34.9 Å². The molecule has 128 valence electrons. The lowest BCUT2D eigenvalue weighted by molar-refractivity contribution is 0.0353. The summed E-state index contributed by atoms with van der Waals surface area (Å²) in [7, 11) is 4.11. The third-order valence-corrected chi connectivity index (χ3v) is 6.10. The highest BCUT2D eigenvalue weighted by Gasteiger charge is 2.46. The highest BCUT2D eigenvalue weighted by molar-refractivity contribution is 5.30. The monoisotopic (exact) mass is 316 g/mol. The first-order valence-electron chi connectivity index (χ1n) is 8.98. The summed E-state index contributed by atoms with van der Waals surface area (Å²) in [6, 6.07) is 6.83. The molecule has 0 unspecified atom stereocenters. The number of hydrogen-bond acceptors (Lipinski definition) is 3. The van der Waals surface area contributed by atoms with Gasteiger partial charge in [-0.2, -0.15) is 0 Å². The van der Waals surface area contributed by atoms with Crippen LogP contribution in [0.15, 0.2) is 18.2 Å². The lowest BCUT2D eigenvalue weighted by atomic mass is 9.71. The van der Waals surface area contributed by atoms with Crippen molar-refractivity contribution in [2.75, 3.05) is 46.9 Å². The van der Waals surface area contributed by atoms with Crippen LogP contribution in [0, 0.1) is 25.2 Å². The zero-order chi connectivity index (χ0) is 16.4. The van der Waals surface area contributed by atoms with Gasteiger partial charge >= 0.3 is 0 Å². The van der Waals surface area contributed by atoms with E-state index in [0.717, 1.165) is 13.2 Å². The first-order valence-corrected chi connectivity index (χ1v) is 8.98. The third-order valence-electron chi connectivity index (χ3n) is 6.10. The summed E-state index contributed by atoms with van der Waals surface area (Å²) in [6.45, 7) is 11.3. The molecule has 1 atom stereocenters. The molecule has 2 aliphatic rings. The van der Waals surface area contributed by atoms with Crippen molar-refractivity contribution in [3.63, 3.8) is 0 Å². The molecule has 3 rings (SSSR count). The summed E-state index contributed by atoms with van der Waals surface area (Å²) in [4.78, 5) is 5.15. The average Bonchev–Trinajstić information content (AvgIpc) is 2.81. The molecule has 0 bridgehead atoms. The highest BCUT2D eigenvalue weighted by Crippen LogP contribution is 2.44. The van der Waals surface area contributed by atoms with Crippen LogP contribution in [0.25, 0.3) is 0 Å². The number of benzene rings is 1. The number of rotatable bonds is 4. The van der Waals surface area contributed by atoms with Crippen molar-refractivity contribution in [2.45, 2.75) is 33.2 Å². The Morgan fingerprint density at radius 3 is 2.65 bits per heavy atom. The van der Waals surface area contributed by atoms with Crippen molar-refractivity contribution in [2.24, 2.45) is 11.3 Å². The number of aryl methyl sites for hydroxylation is 2. The van der Waals surface area contributed by atoms with Crippen LogP contribution in [-0.2, 0) is 11.3 Å². The molecule has 1 aromatic rings. The maximum atomic E-state index is 5.51. The van der Waals surface area contributed by atoms with E-state index in [9.17, 15) is 0 Å². The fraction of sp³-hybridized carbons (Fsp3) is 0.700. The van der Waals surface area contributed by atoms with Crippen LogP contribution in [-0.4, -0.2) is 56.7 Å². The summed E-state index contributed by atoms with van der Waals surface area (Å²) in [5.41, 5.74) is 4.78. The minimum atomic E-state index is 0.489. The maximum absolute atomic E-state index is 5.51. The van der Waals surface area contributed by atoms with E-state index in [4.69, 9.17) is 4.74 Å². The van der Waals surface area contributed by atoms with Gasteiger partial charge in [0.25, 0.3) is 0 Å². The number of ether oxygens (including phenoxy) is 1. The minimum absolute atomic E-state index is 0.489. The molecule has 2 aliphatic heterocycles. The van der Waals surface area contributed by atoms with E-state index in [0.29, 0.717) is 11.3 Å². The molecule has 0 saturated carbocycles. The van der Waals surface area contributed by atoms with E-state index < -0.39 is 0 Å². The Morgan fingerprint density at radius 2 is 1.96 bits per heavy atom. The quantitative estimate of drug-likeness (QED) is 0.849. The molecule has 23 heavy (non-hydrogen) atoms. The number of piperidine rings is 1. The Bertz CT molecular complexity index is 534. The van der Waals surface area contributed by atoms with E-state index in [1.165, 1.54) is 55.7 Å². The van der Waals surface area contributed by atoms with E-state index in [2.05, 4.69) is 48.9 Å². The van der Waals surface area contributed by atoms with E-state index >= 15 is 0 Å². The molecule has 3 nitrogen and oxygen atoms in total. The second-order valence-corrected chi connectivity index (χ2v) is 7.92. The molecule has 1 spiro atoms. The number of hydrogen-bond donors (Lipinski definition) is 0. The third kappa shape index (κ3) is 3.62. The first-order chi connectivity index (χ1) is 11.0. The Hall–Kier alpha value is -0.900. The molecular weight excluding hydrogens is 284 g/mol. The second kappa shape index (κ2) is 6.92. The largest absolute Gasteiger partial charge is 0.384 e. The minimum Gasteiger partial charge on any atom is -0.384 e. The predicted octanol–water partition coefficient (Wildman–Crippen LogP) is 3.09. The molecule has 0 radical (unpaired) electrons. The Kier molecular flexibility index (Phi) is 5.10. The van der Waals surface area contributed by atoms with Crippen molar-refractivity contribution in [3.8, 4) is 0 Å². The van der Waals surface area contributed by atoms with Crippen molar-refractivity contribution >= 4 is 0 Å². The van der Waals surface area contributed by atoms with Gasteiger partial charge in [-0.25, -0.2) is 0 Å². The standard InChI is InChI=1S/C20H32N2O/c1-16-5-6-17(2)18(11-16)12-22-9-7-20(8-10-22)15-21(3)13-19(20)14-23-4/h5-6,11,19H,7-10,12-15H2,1-4H3/t19-/m0/s1. The van der Waals surface area contributed by atoms with Gasteiger partial charge in [0, 0.05) is 32.7 Å². The highest BCUT2D eigenvalue weighted by atomic mass is 16.5. The van der Waals surface area contributed by atoms with Gasteiger partial charge in [-0.3, -0.25) is 4.90 Å². The van der Waals surface area contributed by atoms with Crippen LogP contribution < -0.4 is 0 Å². The van der Waals surface area contributed by atoms with Gasteiger partial charge < -0.3 is 9.64 Å². The molecule has 1 aromatic carbocycles. The second-order valence-electron chi connectivity index (χ2n) is 7.92. The summed E-state index contributed by atoms with van der Waals surface area (Å²) >= 11 is 0. The van der Waals surface area contributed by atoms with E-state index in [-0.39, 0.29) is 0 Å². The fourth-order valence-electron chi connectivity index (χ4n) is 4.67. The van der Waals surface area contributed by atoms with Gasteiger partial charge in [0.1, 0.15) is 0 Å². The van der Waals surface area contributed by atoms with Crippen molar-refractivity contribution in [1.82, 2.24) is 9.80 Å². The Balaban J connectivity index is 1.63. The molecule has 0 N–H and O–H groups in total. The summed E-state index contributed by atoms with van der Waals surface area (Å²) in [5, 5.41) is 0. The van der Waals surface area contributed by atoms with Crippen molar-refractivity contribution < 1.29 is 4.74 Å². The number of methoxy groups -OCH3 is 1. The fourth-order valence-corrected chi connectivity index (χ4v) is 4.67. The molecule has 2 saturated heterocycles. The Morgan fingerprint density at radius 1 is 1.22 bits per heavy atom. The van der Waals surface area contributed by atoms with Gasteiger partial charge in [-0.15, -0.1) is 0 Å². The van der Waals surface area contributed by atoms with Crippen LogP contribution in [0.5, 0.6) is 0 Å². The maximum Gasteiger partial charge on any atom is 0.0508 e. The molecule has 0 aliphatic carbocycles. The first kappa shape index (κ1) is 16.9. The topological polar surface area (TPSA) is 15.7 Å². The number of likely N-dealkylation sites (tertiary alicyclic amines) is 2. The summed E-state index contributed by atoms with van der Waals surface area (Å²) in [5.74, 6) is 0.709. The summed E-state index contributed by atoms with van der Waals surface area (Å²) < 4.78 is 5.51. The van der Waals surface area contributed by atoms with Gasteiger partial charge in [0.05, 0.1) is 6.61 Å². The molecule has 2 heterocycles. The number of nitrogens with zero attached hydrogens (tertiary/aromatic N) is 2. The molecule has 3 heteroatoms. The van der Waals surface area contributed by atoms with E-state index in [1.54, 1.807) is 0 Å². The van der Waals surface area contributed by atoms with Crippen LogP contribution in [0.3, 0.4) is 0 Å². The molecular formula is C20H32N2O. The van der Waals surface area contributed by atoms with Gasteiger partial charge in [-0.1, -0.05) is 23.8 Å². The van der Waals surface area contributed by atoms with Gasteiger partial charge in [-0.05, 0) is 63.4 Å². The lowest BCUT2D eigenvalue weighted by Crippen LogP contribution is -2.44. The molecule has 0 aromatic heterocycles. The predicted molar refractivity (Wildman–Crippen MR) is 95.7 cm³/mol. The van der Waals surface area contributed by atoms with Crippen LogP contribution >= 0.6 is 0 Å². The van der Waals surface area contributed by atoms with E-state index in [1.807, 2.05) is 7.11 Å². The zero-order valence-electron chi connectivity index (χ0n) is 15.3. The average molecular weight is 316 g/mol. The zero-order valence-corrected chi connectivity index (χ0v) is 15.3. The van der Waals surface area contributed by atoms with Crippen LogP contribution in [0.1, 0.15) is 29.5 Å². The van der Waals surface area contributed by atoms with Gasteiger partial charge in [0.15, 0.2) is 0 Å². The molecule has 2 fully saturated rings. The molecule has 0 amide bonds. The van der Waals surface area contributed by atoms with Crippen LogP contribution in [0.2, 0.25) is 0 Å². The van der Waals surface area contributed by atoms with Gasteiger partial charge in [0.2, 0.25) is 0 Å². The Labute approximate surface area is 141 Å².